The molecule has 0 unspecified atom stereocenters. The molecule has 1 N–H and O–H groups in total. The van der Waals surface area contributed by atoms with E-state index in [0.717, 1.165) is 23.7 Å². The zero-order valence-electron chi connectivity index (χ0n) is 13.7. The van der Waals surface area contributed by atoms with Crippen molar-refractivity contribution in [1.82, 2.24) is 9.88 Å². The molecule has 4 heteroatoms. The summed E-state index contributed by atoms with van der Waals surface area (Å²) in [5.41, 5.74) is 1.43. The molecule has 3 rings (SSSR count). The number of H-pyrrole nitrogens is 1. The first kappa shape index (κ1) is 15.8. The maximum atomic E-state index is 12.4. The highest BCUT2D eigenvalue weighted by Crippen LogP contribution is 2.24. The zero-order chi connectivity index (χ0) is 16.2. The first-order valence-corrected chi connectivity index (χ1v) is 8.59. The number of rotatable bonds is 4. The smallest absolute Gasteiger partial charge is 0.253 e. The minimum atomic E-state index is -0.0894. The Morgan fingerprint density at radius 3 is 2.70 bits per heavy atom. The number of para-hydroxylation sites is 1. The highest BCUT2D eigenvalue weighted by Gasteiger charge is 2.25. The van der Waals surface area contributed by atoms with Gasteiger partial charge in [0.25, 0.3) is 5.56 Å². The van der Waals surface area contributed by atoms with Crippen LogP contribution < -0.4 is 5.56 Å². The van der Waals surface area contributed by atoms with Crippen LogP contribution in [-0.4, -0.2) is 21.8 Å². The highest BCUT2D eigenvalue weighted by atomic mass is 16.2. The van der Waals surface area contributed by atoms with E-state index in [0.29, 0.717) is 18.5 Å². The Balaban J connectivity index is 1.91. The summed E-state index contributed by atoms with van der Waals surface area (Å²) in [4.78, 5) is 29.6. The summed E-state index contributed by atoms with van der Waals surface area (Å²) in [5.74, 6) is 0.143. The second-order valence-corrected chi connectivity index (χ2v) is 6.38. The van der Waals surface area contributed by atoms with Crippen LogP contribution in [0, 0.1) is 0 Å². The van der Waals surface area contributed by atoms with Crippen LogP contribution >= 0.6 is 0 Å². The van der Waals surface area contributed by atoms with Crippen molar-refractivity contribution < 1.29 is 4.79 Å². The van der Waals surface area contributed by atoms with Crippen molar-refractivity contribution >= 4 is 16.8 Å². The van der Waals surface area contributed by atoms with Gasteiger partial charge in [-0.05, 0) is 30.4 Å². The normalized spacial score (nSPS) is 15.7. The van der Waals surface area contributed by atoms with Crippen LogP contribution in [0.15, 0.2) is 35.1 Å². The molecule has 1 saturated carbocycles. The molecular formula is C19H24N2O2. The molecule has 1 aromatic heterocycles. The maximum absolute atomic E-state index is 12.4. The number of hydrogen-bond acceptors (Lipinski definition) is 2. The van der Waals surface area contributed by atoms with E-state index in [4.69, 9.17) is 0 Å². The minimum absolute atomic E-state index is 0.0894. The minimum Gasteiger partial charge on any atom is -0.335 e. The molecule has 0 saturated heterocycles. The lowest BCUT2D eigenvalue weighted by Gasteiger charge is -2.34. The SMILES string of the molecule is CCC(=O)N(Cc1cc2ccccc2[nH]c1=O)C1CCCCC1. The standard InChI is InChI=1S/C19H24N2O2/c1-2-18(22)21(16-9-4-3-5-10-16)13-15-12-14-8-6-7-11-17(14)20-19(15)23/h6-8,11-12,16H,2-5,9-10,13H2,1H3,(H,20,23). The molecule has 1 aliphatic rings. The largest absolute Gasteiger partial charge is 0.335 e. The van der Waals surface area contributed by atoms with Gasteiger partial charge in [0, 0.05) is 23.5 Å². The lowest BCUT2D eigenvalue weighted by molar-refractivity contribution is -0.134. The molecule has 0 atom stereocenters. The van der Waals surface area contributed by atoms with Gasteiger partial charge >= 0.3 is 0 Å². The molecule has 122 valence electrons. The van der Waals surface area contributed by atoms with Gasteiger partial charge in [-0.15, -0.1) is 0 Å². The van der Waals surface area contributed by atoms with Crippen molar-refractivity contribution in [3.05, 3.63) is 46.2 Å². The van der Waals surface area contributed by atoms with Crippen LogP contribution in [0.5, 0.6) is 0 Å². The monoisotopic (exact) mass is 312 g/mol. The van der Waals surface area contributed by atoms with Gasteiger partial charge in [0.2, 0.25) is 5.91 Å². The molecule has 1 fully saturated rings. The second kappa shape index (κ2) is 6.99. The Kier molecular flexibility index (Phi) is 4.79. The third-order valence-corrected chi connectivity index (χ3v) is 4.81. The van der Waals surface area contributed by atoms with Crippen LogP contribution in [0.25, 0.3) is 10.9 Å². The van der Waals surface area contributed by atoms with Gasteiger partial charge in [0.05, 0.1) is 6.54 Å². The third-order valence-electron chi connectivity index (χ3n) is 4.81. The van der Waals surface area contributed by atoms with Crippen molar-refractivity contribution in [2.45, 2.75) is 58.0 Å². The number of hydrogen-bond donors (Lipinski definition) is 1. The van der Waals surface area contributed by atoms with Gasteiger partial charge in [0.15, 0.2) is 0 Å². The fourth-order valence-corrected chi connectivity index (χ4v) is 3.51. The van der Waals surface area contributed by atoms with Crippen molar-refractivity contribution in [3.8, 4) is 0 Å². The number of carbonyl (C=O) groups excluding carboxylic acids is 1. The average molecular weight is 312 g/mol. The van der Waals surface area contributed by atoms with Gasteiger partial charge in [-0.25, -0.2) is 0 Å². The fraction of sp³-hybridized carbons (Fsp3) is 0.474. The van der Waals surface area contributed by atoms with Crippen molar-refractivity contribution in [2.75, 3.05) is 0 Å². The van der Waals surface area contributed by atoms with Crippen LogP contribution in [0.3, 0.4) is 0 Å². The molecule has 0 bridgehead atoms. The van der Waals surface area contributed by atoms with E-state index >= 15 is 0 Å². The van der Waals surface area contributed by atoms with E-state index in [2.05, 4.69) is 4.98 Å². The lowest BCUT2D eigenvalue weighted by Crippen LogP contribution is -2.41. The molecule has 1 aromatic carbocycles. The summed E-state index contributed by atoms with van der Waals surface area (Å²) in [6, 6.07) is 9.96. The van der Waals surface area contributed by atoms with Gasteiger partial charge in [0.1, 0.15) is 0 Å². The van der Waals surface area contributed by atoms with E-state index in [1.165, 1.54) is 19.3 Å². The molecule has 2 aromatic rings. The van der Waals surface area contributed by atoms with E-state index in [9.17, 15) is 9.59 Å². The van der Waals surface area contributed by atoms with Crippen molar-refractivity contribution in [3.63, 3.8) is 0 Å². The van der Waals surface area contributed by atoms with Crippen LogP contribution in [0.2, 0.25) is 0 Å². The van der Waals surface area contributed by atoms with Gasteiger partial charge in [-0.2, -0.15) is 0 Å². The molecule has 1 heterocycles. The van der Waals surface area contributed by atoms with E-state index < -0.39 is 0 Å². The summed E-state index contributed by atoms with van der Waals surface area (Å²) in [5, 5.41) is 1.01. The van der Waals surface area contributed by atoms with Crippen LogP contribution in [-0.2, 0) is 11.3 Å². The number of fused-ring (bicyclic) bond motifs is 1. The molecule has 4 nitrogen and oxygen atoms in total. The second-order valence-electron chi connectivity index (χ2n) is 6.38. The average Bonchev–Trinajstić information content (AvgIpc) is 2.60. The Morgan fingerprint density at radius 1 is 1.22 bits per heavy atom. The molecule has 23 heavy (non-hydrogen) atoms. The van der Waals surface area contributed by atoms with Crippen molar-refractivity contribution in [1.29, 1.82) is 0 Å². The summed E-state index contributed by atoms with van der Waals surface area (Å²) in [6.45, 7) is 2.31. The molecule has 0 aliphatic heterocycles. The number of benzene rings is 1. The van der Waals surface area contributed by atoms with E-state index in [1.54, 1.807) is 0 Å². The van der Waals surface area contributed by atoms with Crippen molar-refractivity contribution in [2.24, 2.45) is 0 Å². The number of aromatic amines is 1. The van der Waals surface area contributed by atoms with E-state index in [1.807, 2.05) is 42.2 Å². The topological polar surface area (TPSA) is 53.2 Å². The first-order chi connectivity index (χ1) is 11.2. The number of carbonyl (C=O) groups is 1. The number of nitrogens with zero attached hydrogens (tertiary/aromatic N) is 1. The lowest BCUT2D eigenvalue weighted by atomic mass is 9.93. The molecule has 0 spiro atoms. The number of pyridine rings is 1. The molecule has 0 radical (unpaired) electrons. The predicted molar refractivity (Wildman–Crippen MR) is 92.3 cm³/mol. The van der Waals surface area contributed by atoms with Gasteiger partial charge in [-0.3, -0.25) is 9.59 Å². The Bertz CT molecular complexity index is 744. The Hall–Kier alpha value is -2.10. The number of aromatic nitrogens is 1. The van der Waals surface area contributed by atoms with Gasteiger partial charge in [-0.1, -0.05) is 44.4 Å². The Labute approximate surface area is 136 Å². The summed E-state index contributed by atoms with van der Waals surface area (Å²) in [6.07, 6.45) is 6.19. The maximum Gasteiger partial charge on any atom is 0.253 e. The number of nitrogens with one attached hydrogen (secondary N) is 1. The first-order valence-electron chi connectivity index (χ1n) is 8.59. The van der Waals surface area contributed by atoms with Crippen LogP contribution in [0.4, 0.5) is 0 Å². The fourth-order valence-electron chi connectivity index (χ4n) is 3.51. The quantitative estimate of drug-likeness (QED) is 0.938. The van der Waals surface area contributed by atoms with Crippen LogP contribution in [0.1, 0.15) is 51.0 Å². The van der Waals surface area contributed by atoms with E-state index in [-0.39, 0.29) is 17.5 Å². The third kappa shape index (κ3) is 3.46. The Morgan fingerprint density at radius 2 is 1.96 bits per heavy atom. The number of amides is 1. The molecular weight excluding hydrogens is 288 g/mol. The molecule has 1 aliphatic carbocycles. The highest BCUT2D eigenvalue weighted by molar-refractivity contribution is 5.79. The predicted octanol–water partition coefficient (Wildman–Crippen LogP) is 3.60. The van der Waals surface area contributed by atoms with Gasteiger partial charge < -0.3 is 9.88 Å². The molecule has 1 amide bonds. The summed E-state index contributed by atoms with van der Waals surface area (Å²) >= 11 is 0. The zero-order valence-corrected chi connectivity index (χ0v) is 13.7. The summed E-state index contributed by atoms with van der Waals surface area (Å²) < 4.78 is 0. The summed E-state index contributed by atoms with van der Waals surface area (Å²) in [7, 11) is 0.